The van der Waals surface area contributed by atoms with Gasteiger partial charge in [0.2, 0.25) is 5.91 Å². The van der Waals surface area contributed by atoms with Gasteiger partial charge in [-0.2, -0.15) is 0 Å². The van der Waals surface area contributed by atoms with Crippen LogP contribution in [-0.2, 0) is 9.53 Å². The number of hydrogen-bond acceptors (Lipinski definition) is 3. The molecule has 1 heterocycles. The first-order chi connectivity index (χ1) is 9.52. The molecule has 3 fully saturated rings. The molecular formula is C16H28N2O2. The van der Waals surface area contributed by atoms with Gasteiger partial charge in [0.1, 0.15) is 0 Å². The van der Waals surface area contributed by atoms with Crippen LogP contribution in [0.4, 0.5) is 0 Å². The maximum absolute atomic E-state index is 12.5. The van der Waals surface area contributed by atoms with E-state index in [1.54, 1.807) is 7.11 Å². The summed E-state index contributed by atoms with van der Waals surface area (Å²) < 4.78 is 5.45. The van der Waals surface area contributed by atoms with Crippen molar-refractivity contribution in [3.63, 3.8) is 0 Å². The minimum atomic E-state index is 0.0282. The molecule has 3 aliphatic rings. The summed E-state index contributed by atoms with van der Waals surface area (Å²) in [6.07, 6.45) is 7.42. The molecule has 0 bridgehead atoms. The van der Waals surface area contributed by atoms with Crippen molar-refractivity contribution in [1.29, 1.82) is 0 Å². The molecule has 5 unspecified atom stereocenters. The summed E-state index contributed by atoms with van der Waals surface area (Å²) in [6.45, 7) is 4.36. The summed E-state index contributed by atoms with van der Waals surface area (Å²) in [5, 5.41) is 6.80. The van der Waals surface area contributed by atoms with Crippen LogP contribution in [0.25, 0.3) is 0 Å². The van der Waals surface area contributed by atoms with E-state index in [9.17, 15) is 4.79 Å². The molecule has 0 aromatic heterocycles. The Morgan fingerprint density at radius 3 is 2.65 bits per heavy atom. The van der Waals surface area contributed by atoms with Crippen LogP contribution in [0, 0.1) is 11.3 Å². The van der Waals surface area contributed by atoms with Crippen molar-refractivity contribution in [2.24, 2.45) is 11.3 Å². The molecule has 2 aliphatic carbocycles. The number of methoxy groups -OCH3 is 1. The summed E-state index contributed by atoms with van der Waals surface area (Å²) in [6, 6.07) is 0.866. The molecule has 0 aromatic carbocycles. The van der Waals surface area contributed by atoms with Crippen molar-refractivity contribution in [3.8, 4) is 0 Å². The van der Waals surface area contributed by atoms with Crippen molar-refractivity contribution in [1.82, 2.24) is 10.6 Å². The third-order valence-electron chi connectivity index (χ3n) is 5.96. The third kappa shape index (κ3) is 2.37. The van der Waals surface area contributed by atoms with Gasteiger partial charge in [-0.25, -0.2) is 0 Å². The van der Waals surface area contributed by atoms with Gasteiger partial charge in [-0.15, -0.1) is 0 Å². The Labute approximate surface area is 122 Å². The minimum Gasteiger partial charge on any atom is -0.381 e. The van der Waals surface area contributed by atoms with Gasteiger partial charge >= 0.3 is 0 Å². The molecule has 3 rings (SSSR count). The molecule has 5 atom stereocenters. The Bertz CT molecular complexity index is 369. The summed E-state index contributed by atoms with van der Waals surface area (Å²) in [4.78, 5) is 12.5. The molecule has 1 saturated heterocycles. The lowest BCUT2D eigenvalue weighted by Crippen LogP contribution is -2.63. The van der Waals surface area contributed by atoms with Crippen LogP contribution in [0.5, 0.6) is 0 Å². The second-order valence-electron chi connectivity index (χ2n) is 7.45. The zero-order valence-electron chi connectivity index (χ0n) is 12.9. The number of nitrogens with one attached hydrogen (secondary N) is 2. The minimum absolute atomic E-state index is 0.0282. The zero-order valence-corrected chi connectivity index (χ0v) is 12.9. The average Bonchev–Trinajstić information content (AvgIpc) is 2.86. The third-order valence-corrected chi connectivity index (χ3v) is 5.96. The molecule has 4 heteroatoms. The van der Waals surface area contributed by atoms with Crippen LogP contribution < -0.4 is 10.6 Å². The Hall–Kier alpha value is -0.610. The van der Waals surface area contributed by atoms with E-state index in [4.69, 9.17) is 4.74 Å². The van der Waals surface area contributed by atoms with Crippen molar-refractivity contribution in [3.05, 3.63) is 0 Å². The lowest BCUT2D eigenvalue weighted by atomic mass is 9.64. The molecule has 4 nitrogen and oxygen atoms in total. The van der Waals surface area contributed by atoms with E-state index in [0.29, 0.717) is 6.04 Å². The maximum Gasteiger partial charge on any atom is 0.237 e. The smallest absolute Gasteiger partial charge is 0.237 e. The van der Waals surface area contributed by atoms with E-state index in [1.807, 2.05) is 0 Å². The van der Waals surface area contributed by atoms with Crippen LogP contribution in [0.3, 0.4) is 0 Å². The van der Waals surface area contributed by atoms with E-state index in [-0.39, 0.29) is 29.5 Å². The van der Waals surface area contributed by atoms with Gasteiger partial charge < -0.3 is 15.4 Å². The second-order valence-corrected chi connectivity index (χ2v) is 7.45. The molecule has 1 amide bonds. The van der Waals surface area contributed by atoms with Gasteiger partial charge in [0.15, 0.2) is 0 Å². The van der Waals surface area contributed by atoms with Crippen LogP contribution in [-0.4, -0.2) is 37.2 Å². The predicted octanol–water partition coefficient (Wildman–Crippen LogP) is 1.84. The molecule has 0 radical (unpaired) electrons. The number of carbonyl (C=O) groups is 1. The van der Waals surface area contributed by atoms with Crippen LogP contribution in [0.15, 0.2) is 0 Å². The number of hydrogen-bond donors (Lipinski definition) is 2. The number of carbonyl (C=O) groups excluding carboxylic acids is 1. The van der Waals surface area contributed by atoms with Crippen LogP contribution in [0.2, 0.25) is 0 Å². The molecule has 0 spiro atoms. The normalized spacial score (nSPS) is 42.6. The molecule has 1 aliphatic heterocycles. The van der Waals surface area contributed by atoms with Crippen molar-refractivity contribution in [2.45, 2.75) is 76.6 Å². The van der Waals surface area contributed by atoms with Gasteiger partial charge in [-0.1, -0.05) is 26.7 Å². The Morgan fingerprint density at radius 2 is 2.00 bits per heavy atom. The van der Waals surface area contributed by atoms with E-state index in [0.717, 1.165) is 18.8 Å². The topological polar surface area (TPSA) is 50.4 Å². The van der Waals surface area contributed by atoms with Crippen molar-refractivity contribution in [2.75, 3.05) is 7.11 Å². The highest BCUT2D eigenvalue weighted by molar-refractivity contribution is 5.82. The van der Waals surface area contributed by atoms with Gasteiger partial charge in [0, 0.05) is 24.6 Å². The number of rotatable bonds is 3. The van der Waals surface area contributed by atoms with Crippen LogP contribution in [0.1, 0.15) is 52.4 Å². The predicted molar refractivity (Wildman–Crippen MR) is 78.4 cm³/mol. The van der Waals surface area contributed by atoms with E-state index in [1.165, 1.54) is 25.7 Å². The number of ether oxygens (including phenoxy) is 1. The summed E-state index contributed by atoms with van der Waals surface area (Å²) in [7, 11) is 1.76. The summed E-state index contributed by atoms with van der Waals surface area (Å²) in [5.74, 6) is 0.924. The van der Waals surface area contributed by atoms with Gasteiger partial charge in [-0.05, 0) is 31.6 Å². The fourth-order valence-electron chi connectivity index (χ4n) is 4.32. The number of fused-ring (bicyclic) bond motifs is 1. The van der Waals surface area contributed by atoms with Crippen molar-refractivity contribution >= 4 is 5.91 Å². The van der Waals surface area contributed by atoms with Gasteiger partial charge in [-0.3, -0.25) is 4.79 Å². The maximum atomic E-state index is 12.5. The molecule has 114 valence electrons. The Kier molecular flexibility index (Phi) is 3.80. The molecule has 20 heavy (non-hydrogen) atoms. The zero-order chi connectivity index (χ0) is 14.3. The average molecular weight is 280 g/mol. The highest BCUT2D eigenvalue weighted by atomic mass is 16.5. The van der Waals surface area contributed by atoms with Gasteiger partial charge in [0.25, 0.3) is 0 Å². The second kappa shape index (κ2) is 5.30. The SMILES string of the molecule is COC1CC(NC(=O)C2CC3CCCCC3N2)C1(C)C. The lowest BCUT2D eigenvalue weighted by Gasteiger charge is -2.51. The molecule has 2 N–H and O–H groups in total. The lowest BCUT2D eigenvalue weighted by molar-refractivity contribution is -0.134. The largest absolute Gasteiger partial charge is 0.381 e. The molecular weight excluding hydrogens is 252 g/mol. The quantitative estimate of drug-likeness (QED) is 0.829. The molecule has 2 saturated carbocycles. The summed E-state index contributed by atoms with van der Waals surface area (Å²) >= 11 is 0. The Balaban J connectivity index is 1.53. The summed E-state index contributed by atoms with van der Waals surface area (Å²) in [5.41, 5.74) is 0.0514. The first-order valence-electron chi connectivity index (χ1n) is 8.11. The molecule has 0 aromatic rings. The van der Waals surface area contributed by atoms with Crippen molar-refractivity contribution < 1.29 is 9.53 Å². The highest BCUT2D eigenvalue weighted by Crippen LogP contribution is 2.42. The fourth-order valence-corrected chi connectivity index (χ4v) is 4.32. The van der Waals surface area contributed by atoms with E-state index >= 15 is 0 Å². The Morgan fingerprint density at radius 1 is 1.25 bits per heavy atom. The van der Waals surface area contributed by atoms with E-state index in [2.05, 4.69) is 24.5 Å². The fraction of sp³-hybridized carbons (Fsp3) is 0.938. The van der Waals surface area contributed by atoms with E-state index < -0.39 is 0 Å². The van der Waals surface area contributed by atoms with Gasteiger partial charge in [0.05, 0.1) is 12.1 Å². The first kappa shape index (κ1) is 14.3. The monoisotopic (exact) mass is 280 g/mol. The standard InChI is InChI=1S/C16H28N2O2/c1-16(2)13(9-14(16)20-3)18-15(19)12-8-10-6-4-5-7-11(10)17-12/h10-14,17H,4-9H2,1-3H3,(H,18,19). The highest BCUT2D eigenvalue weighted by Gasteiger charge is 2.50. The first-order valence-corrected chi connectivity index (χ1v) is 8.11. The van der Waals surface area contributed by atoms with Crippen LogP contribution >= 0.6 is 0 Å². The number of amides is 1.